The minimum absolute atomic E-state index is 0.00823. The summed E-state index contributed by atoms with van der Waals surface area (Å²) in [5, 5.41) is -2.80. The van der Waals surface area contributed by atoms with Gasteiger partial charge in [0.25, 0.3) is 0 Å². The first-order valence-electron chi connectivity index (χ1n) is 6.53. The lowest BCUT2D eigenvalue weighted by Crippen LogP contribution is -2.08. The fourth-order valence-electron chi connectivity index (χ4n) is 2.49. The zero-order chi connectivity index (χ0) is 17.2. The van der Waals surface area contributed by atoms with Crippen molar-refractivity contribution in [3.8, 4) is 23.0 Å². The molecule has 4 rings (SSSR count). The molecule has 0 radical (unpaired) electrons. The molecule has 0 spiro atoms. The van der Waals surface area contributed by atoms with Gasteiger partial charge in [-0.05, 0) is 12.1 Å². The van der Waals surface area contributed by atoms with Gasteiger partial charge in [-0.15, -0.1) is 0 Å². The summed E-state index contributed by atoms with van der Waals surface area (Å²) in [7, 11) is 0. The number of rotatable bonds is 0. The van der Waals surface area contributed by atoms with Crippen molar-refractivity contribution in [3.63, 3.8) is 0 Å². The van der Waals surface area contributed by atoms with Crippen LogP contribution in [0.1, 0.15) is 0 Å². The quantitative estimate of drug-likeness (QED) is 0.236. The van der Waals surface area contributed by atoms with E-state index >= 15 is 0 Å². The Kier molecular flexibility index (Phi) is 2.93. The van der Waals surface area contributed by atoms with Crippen LogP contribution >= 0.6 is 0 Å². The molecule has 2 nitrogen and oxygen atoms in total. The van der Waals surface area contributed by atoms with E-state index in [2.05, 4.69) is 0 Å². The van der Waals surface area contributed by atoms with Gasteiger partial charge in [0.15, 0.2) is 46.4 Å². The third-order valence-corrected chi connectivity index (χ3v) is 3.58. The summed E-state index contributed by atoms with van der Waals surface area (Å²) in [4.78, 5) is 0. The second-order valence-electron chi connectivity index (χ2n) is 4.94. The maximum absolute atomic E-state index is 14.5. The minimum Gasteiger partial charge on any atom is -0.446 e. The first-order chi connectivity index (χ1) is 11.4. The molecular formula is C16H4F6O2. The molecule has 3 aromatic carbocycles. The van der Waals surface area contributed by atoms with E-state index in [1.165, 1.54) is 24.3 Å². The molecule has 0 fully saturated rings. The molecule has 3 aromatic rings. The van der Waals surface area contributed by atoms with Crippen LogP contribution in [-0.4, -0.2) is 0 Å². The van der Waals surface area contributed by atoms with Crippen LogP contribution in [0.3, 0.4) is 0 Å². The SMILES string of the molecule is Fc1c(F)c(F)c2c(F)c3c(c(F)c2c1F)Oc1ccccc1O3. The van der Waals surface area contributed by atoms with Crippen molar-refractivity contribution in [1.82, 2.24) is 0 Å². The van der Waals surface area contributed by atoms with E-state index in [4.69, 9.17) is 9.47 Å². The molecule has 0 amide bonds. The molecule has 0 saturated carbocycles. The molecule has 1 heterocycles. The number of hydrogen-bond donors (Lipinski definition) is 0. The number of para-hydroxylation sites is 2. The maximum Gasteiger partial charge on any atom is 0.209 e. The second kappa shape index (κ2) is 4.80. The first kappa shape index (κ1) is 14.7. The maximum atomic E-state index is 14.5. The second-order valence-corrected chi connectivity index (χ2v) is 4.94. The van der Waals surface area contributed by atoms with Crippen LogP contribution in [-0.2, 0) is 0 Å². The van der Waals surface area contributed by atoms with Crippen molar-refractivity contribution in [2.45, 2.75) is 0 Å². The number of halogens is 6. The Morgan fingerprint density at radius 1 is 0.500 bits per heavy atom. The lowest BCUT2D eigenvalue weighted by atomic mass is 10.1. The number of ether oxygens (including phenoxy) is 2. The summed E-state index contributed by atoms with van der Waals surface area (Å²) >= 11 is 0. The number of benzene rings is 3. The Bertz CT molecular complexity index is 950. The van der Waals surface area contributed by atoms with Gasteiger partial charge in [-0.2, -0.15) is 0 Å². The molecule has 1 aliphatic heterocycles. The minimum atomic E-state index is -2.25. The lowest BCUT2D eigenvalue weighted by Gasteiger charge is -2.22. The Hall–Kier alpha value is -2.90. The van der Waals surface area contributed by atoms with E-state index < -0.39 is 57.2 Å². The molecule has 0 saturated heterocycles. The molecule has 1 aliphatic rings. The predicted molar refractivity (Wildman–Crippen MR) is 70.3 cm³/mol. The Balaban J connectivity index is 2.14. The van der Waals surface area contributed by atoms with Crippen molar-refractivity contribution < 1.29 is 35.8 Å². The fraction of sp³-hybridized carbons (Fsp3) is 0. The van der Waals surface area contributed by atoms with Crippen molar-refractivity contribution in [2.75, 3.05) is 0 Å². The summed E-state index contributed by atoms with van der Waals surface area (Å²) in [6.07, 6.45) is 0. The molecule has 0 N–H and O–H groups in total. The Morgan fingerprint density at radius 2 is 0.875 bits per heavy atom. The van der Waals surface area contributed by atoms with Crippen molar-refractivity contribution in [1.29, 1.82) is 0 Å². The topological polar surface area (TPSA) is 18.5 Å². The molecular weight excluding hydrogens is 338 g/mol. The van der Waals surface area contributed by atoms with Crippen molar-refractivity contribution >= 4 is 10.8 Å². The van der Waals surface area contributed by atoms with Crippen LogP contribution in [0.4, 0.5) is 26.3 Å². The standard InChI is InChI=1S/C16H4F6O2/c17-9-7-8(10(18)14(22)13(9)21)12(20)16-15(11(7)19)23-5-3-1-2-4-6(5)24-16/h1-4H. The zero-order valence-corrected chi connectivity index (χ0v) is 11.4. The fourth-order valence-corrected chi connectivity index (χ4v) is 2.49. The average molecular weight is 342 g/mol. The monoisotopic (exact) mass is 342 g/mol. The number of fused-ring (bicyclic) bond motifs is 3. The van der Waals surface area contributed by atoms with Gasteiger partial charge >= 0.3 is 0 Å². The van der Waals surface area contributed by atoms with Crippen LogP contribution in [0, 0.1) is 34.9 Å². The van der Waals surface area contributed by atoms with Crippen molar-refractivity contribution in [3.05, 3.63) is 59.2 Å². The average Bonchev–Trinajstić information content (AvgIpc) is 2.59. The molecule has 0 atom stereocenters. The number of hydrogen-bond acceptors (Lipinski definition) is 2. The van der Waals surface area contributed by atoms with Crippen LogP contribution in [0.5, 0.6) is 23.0 Å². The Labute approximate surface area is 129 Å². The normalized spacial score (nSPS) is 12.4. The Morgan fingerprint density at radius 3 is 1.25 bits per heavy atom. The van der Waals surface area contributed by atoms with E-state index in [0.29, 0.717) is 0 Å². The van der Waals surface area contributed by atoms with E-state index in [9.17, 15) is 26.3 Å². The van der Waals surface area contributed by atoms with E-state index in [0.717, 1.165) is 0 Å². The highest BCUT2D eigenvalue weighted by molar-refractivity contribution is 5.89. The van der Waals surface area contributed by atoms with Gasteiger partial charge in [-0.3, -0.25) is 0 Å². The van der Waals surface area contributed by atoms with Crippen molar-refractivity contribution in [2.24, 2.45) is 0 Å². The highest BCUT2D eigenvalue weighted by Gasteiger charge is 2.34. The zero-order valence-electron chi connectivity index (χ0n) is 11.4. The predicted octanol–water partition coefficient (Wildman–Crippen LogP) is 5.57. The third-order valence-electron chi connectivity index (χ3n) is 3.58. The van der Waals surface area contributed by atoms with E-state index in [1.807, 2.05) is 0 Å². The molecule has 0 aliphatic carbocycles. The third kappa shape index (κ3) is 1.73. The summed E-state index contributed by atoms with van der Waals surface area (Å²) in [5.41, 5.74) is 0. The lowest BCUT2D eigenvalue weighted by molar-refractivity contribution is 0.327. The van der Waals surface area contributed by atoms with Crippen LogP contribution in [0.15, 0.2) is 24.3 Å². The van der Waals surface area contributed by atoms with Gasteiger partial charge in [-0.1, -0.05) is 12.1 Å². The molecule has 0 aromatic heterocycles. The van der Waals surface area contributed by atoms with Gasteiger partial charge in [0.1, 0.15) is 0 Å². The molecule has 122 valence electrons. The summed E-state index contributed by atoms with van der Waals surface area (Å²) in [6.45, 7) is 0. The van der Waals surface area contributed by atoms with Crippen LogP contribution < -0.4 is 9.47 Å². The summed E-state index contributed by atoms with van der Waals surface area (Å²) in [5.74, 6) is -13.6. The van der Waals surface area contributed by atoms with Gasteiger partial charge in [0.05, 0.1) is 10.8 Å². The smallest absolute Gasteiger partial charge is 0.209 e. The van der Waals surface area contributed by atoms with Gasteiger partial charge in [0.2, 0.25) is 11.5 Å². The van der Waals surface area contributed by atoms with Crippen LogP contribution in [0.2, 0.25) is 0 Å². The van der Waals surface area contributed by atoms with E-state index in [1.54, 1.807) is 0 Å². The van der Waals surface area contributed by atoms with Gasteiger partial charge in [0, 0.05) is 0 Å². The highest BCUT2D eigenvalue weighted by atomic mass is 19.2. The van der Waals surface area contributed by atoms with Crippen LogP contribution in [0.25, 0.3) is 10.8 Å². The summed E-state index contributed by atoms with van der Waals surface area (Å²) in [6, 6.07) is 5.75. The van der Waals surface area contributed by atoms with Gasteiger partial charge < -0.3 is 9.47 Å². The molecule has 8 heteroatoms. The highest BCUT2D eigenvalue weighted by Crippen LogP contribution is 2.51. The molecule has 24 heavy (non-hydrogen) atoms. The molecule has 0 bridgehead atoms. The first-order valence-corrected chi connectivity index (χ1v) is 6.53. The summed E-state index contributed by atoms with van der Waals surface area (Å²) < 4.78 is 93.7. The molecule has 0 unspecified atom stereocenters. The largest absolute Gasteiger partial charge is 0.446 e. The van der Waals surface area contributed by atoms with E-state index in [-0.39, 0.29) is 11.5 Å². The van der Waals surface area contributed by atoms with Gasteiger partial charge in [-0.25, -0.2) is 26.3 Å².